The monoisotopic (exact) mass is 220 g/mol. The van der Waals surface area contributed by atoms with Gasteiger partial charge in [-0.05, 0) is 0 Å². The molecular formula is C7H6F6O. The molecule has 0 fully saturated rings. The molecule has 0 atom stereocenters. The molecule has 0 aromatic heterocycles. The molecule has 0 aromatic carbocycles. The molecule has 0 bridgehead atoms. The molecule has 0 saturated carbocycles. The summed E-state index contributed by atoms with van der Waals surface area (Å²) >= 11 is 0. The zero-order valence-corrected chi connectivity index (χ0v) is 6.96. The van der Waals surface area contributed by atoms with Crippen molar-refractivity contribution in [3.05, 3.63) is 11.6 Å². The molecule has 0 heterocycles. The van der Waals surface area contributed by atoms with Crippen LogP contribution in [0.25, 0.3) is 0 Å². The number of rotatable bonds is 2. The molecule has 0 amide bonds. The van der Waals surface area contributed by atoms with E-state index in [1.807, 2.05) is 0 Å². The van der Waals surface area contributed by atoms with Gasteiger partial charge in [0.15, 0.2) is 5.78 Å². The van der Waals surface area contributed by atoms with Crippen molar-refractivity contribution < 1.29 is 31.1 Å². The van der Waals surface area contributed by atoms with E-state index in [1.54, 1.807) is 0 Å². The van der Waals surface area contributed by atoms with Crippen LogP contribution in [0.4, 0.5) is 26.3 Å². The number of hydrogen-bond acceptors (Lipinski definition) is 1. The quantitative estimate of drug-likeness (QED) is 0.516. The predicted molar refractivity (Wildman–Crippen MR) is 35.5 cm³/mol. The van der Waals surface area contributed by atoms with Gasteiger partial charge in [-0.1, -0.05) is 6.92 Å². The molecule has 0 aromatic rings. The van der Waals surface area contributed by atoms with Crippen LogP contribution in [0.5, 0.6) is 0 Å². The maximum absolute atomic E-state index is 11.9. The number of ketones is 1. The Balaban J connectivity index is 5.13. The number of hydrogen-bond donors (Lipinski definition) is 0. The highest BCUT2D eigenvalue weighted by Crippen LogP contribution is 2.31. The minimum Gasteiger partial charge on any atom is -0.294 e. The third kappa shape index (κ3) is 4.29. The Morgan fingerprint density at radius 2 is 1.57 bits per heavy atom. The second-order valence-corrected chi connectivity index (χ2v) is 2.37. The SMILES string of the molecule is CCC(=O)/C(=C\C(F)(F)F)C(F)(F)F. The maximum atomic E-state index is 11.9. The molecule has 0 aliphatic carbocycles. The Hall–Kier alpha value is -1.01. The van der Waals surface area contributed by atoms with E-state index >= 15 is 0 Å². The van der Waals surface area contributed by atoms with Crippen LogP contribution < -0.4 is 0 Å². The number of carbonyl (C=O) groups excluding carboxylic acids is 1. The van der Waals surface area contributed by atoms with Gasteiger partial charge in [-0.3, -0.25) is 4.79 Å². The summed E-state index contributed by atoms with van der Waals surface area (Å²) in [4.78, 5) is 10.5. The normalized spacial score (nSPS) is 14.4. The third-order valence-electron chi connectivity index (χ3n) is 1.23. The highest BCUT2D eigenvalue weighted by molar-refractivity contribution is 5.96. The Kier molecular flexibility index (Phi) is 3.73. The van der Waals surface area contributed by atoms with Gasteiger partial charge in [-0.25, -0.2) is 0 Å². The van der Waals surface area contributed by atoms with Crippen molar-refractivity contribution in [2.45, 2.75) is 25.7 Å². The van der Waals surface area contributed by atoms with E-state index in [2.05, 4.69) is 0 Å². The van der Waals surface area contributed by atoms with Gasteiger partial charge in [-0.2, -0.15) is 26.3 Å². The van der Waals surface area contributed by atoms with Crippen molar-refractivity contribution in [3.63, 3.8) is 0 Å². The average Bonchev–Trinajstić information content (AvgIpc) is 1.95. The van der Waals surface area contributed by atoms with E-state index in [0.717, 1.165) is 6.92 Å². The van der Waals surface area contributed by atoms with Gasteiger partial charge in [0.2, 0.25) is 0 Å². The molecule has 7 heteroatoms. The van der Waals surface area contributed by atoms with Gasteiger partial charge in [0.1, 0.15) is 5.57 Å². The first-order chi connectivity index (χ1) is 6.08. The third-order valence-corrected chi connectivity index (χ3v) is 1.23. The van der Waals surface area contributed by atoms with Crippen molar-refractivity contribution in [2.24, 2.45) is 0 Å². The van der Waals surface area contributed by atoms with Crippen LogP contribution in [0.15, 0.2) is 11.6 Å². The van der Waals surface area contributed by atoms with Crippen molar-refractivity contribution in [1.29, 1.82) is 0 Å². The lowest BCUT2D eigenvalue weighted by molar-refractivity contribution is -0.132. The molecule has 0 radical (unpaired) electrons. The number of carbonyl (C=O) groups is 1. The van der Waals surface area contributed by atoms with Gasteiger partial charge in [0.05, 0.1) is 0 Å². The highest BCUT2D eigenvalue weighted by atomic mass is 19.4. The summed E-state index contributed by atoms with van der Waals surface area (Å²) < 4.78 is 70.5. The molecular weight excluding hydrogens is 214 g/mol. The molecule has 0 unspecified atom stereocenters. The molecule has 0 aliphatic rings. The Morgan fingerprint density at radius 3 is 1.79 bits per heavy atom. The summed E-state index contributed by atoms with van der Waals surface area (Å²) in [7, 11) is 0. The van der Waals surface area contributed by atoms with Gasteiger partial charge >= 0.3 is 12.4 Å². The summed E-state index contributed by atoms with van der Waals surface area (Å²) in [5.41, 5.74) is -2.16. The minimum absolute atomic E-state index is 0.624. The van der Waals surface area contributed by atoms with Gasteiger partial charge in [0.25, 0.3) is 0 Å². The first-order valence-corrected chi connectivity index (χ1v) is 3.48. The molecule has 0 saturated heterocycles. The average molecular weight is 220 g/mol. The largest absolute Gasteiger partial charge is 0.419 e. The summed E-state index contributed by atoms with van der Waals surface area (Å²) in [5.74, 6) is -1.57. The van der Waals surface area contributed by atoms with Crippen LogP contribution in [0, 0.1) is 0 Å². The number of halogens is 6. The Morgan fingerprint density at radius 1 is 1.14 bits per heavy atom. The Bertz CT molecular complexity index is 246. The predicted octanol–water partition coefficient (Wildman–Crippen LogP) is 3.02. The molecule has 0 rings (SSSR count). The van der Waals surface area contributed by atoms with Crippen molar-refractivity contribution in [3.8, 4) is 0 Å². The highest BCUT2D eigenvalue weighted by Gasteiger charge is 2.41. The number of allylic oxidation sites excluding steroid dienone is 2. The topological polar surface area (TPSA) is 17.1 Å². The first-order valence-electron chi connectivity index (χ1n) is 3.48. The fraction of sp³-hybridized carbons (Fsp3) is 0.571. The standard InChI is InChI=1S/C7H6F6O/c1-2-5(14)4(7(11,12)13)3-6(8,9)10/h3H,2H2,1H3/b4-3+. The van der Waals surface area contributed by atoms with Crippen LogP contribution in [0.2, 0.25) is 0 Å². The number of alkyl halides is 6. The van der Waals surface area contributed by atoms with Gasteiger partial charge < -0.3 is 0 Å². The molecule has 14 heavy (non-hydrogen) atoms. The van der Waals surface area contributed by atoms with E-state index in [9.17, 15) is 31.1 Å². The van der Waals surface area contributed by atoms with E-state index < -0.39 is 36.2 Å². The molecule has 0 aliphatic heterocycles. The summed E-state index contributed by atoms with van der Waals surface area (Å²) in [6.07, 6.45) is -12.0. The zero-order chi connectivity index (χ0) is 11.6. The summed E-state index contributed by atoms with van der Waals surface area (Å²) in [6.45, 7) is 1.05. The smallest absolute Gasteiger partial charge is 0.294 e. The second kappa shape index (κ2) is 4.02. The van der Waals surface area contributed by atoms with E-state index in [0.29, 0.717) is 0 Å². The lowest BCUT2D eigenvalue weighted by Crippen LogP contribution is -2.22. The first kappa shape index (κ1) is 13.0. The summed E-state index contributed by atoms with van der Waals surface area (Å²) in [5, 5.41) is 0. The van der Waals surface area contributed by atoms with Crippen LogP contribution in [0.3, 0.4) is 0 Å². The second-order valence-electron chi connectivity index (χ2n) is 2.37. The molecule has 82 valence electrons. The fourth-order valence-electron chi connectivity index (χ4n) is 0.675. The fourth-order valence-corrected chi connectivity index (χ4v) is 0.675. The van der Waals surface area contributed by atoms with Crippen LogP contribution >= 0.6 is 0 Å². The van der Waals surface area contributed by atoms with Crippen LogP contribution in [-0.2, 0) is 4.79 Å². The van der Waals surface area contributed by atoms with E-state index in [1.165, 1.54) is 0 Å². The van der Waals surface area contributed by atoms with Crippen molar-refractivity contribution in [2.75, 3.05) is 0 Å². The van der Waals surface area contributed by atoms with E-state index in [4.69, 9.17) is 0 Å². The Labute approximate surface area is 75.4 Å². The van der Waals surface area contributed by atoms with E-state index in [-0.39, 0.29) is 0 Å². The van der Waals surface area contributed by atoms with Crippen molar-refractivity contribution >= 4 is 5.78 Å². The van der Waals surface area contributed by atoms with Gasteiger partial charge in [0, 0.05) is 12.5 Å². The molecule has 0 spiro atoms. The maximum Gasteiger partial charge on any atom is 0.419 e. The lowest BCUT2D eigenvalue weighted by Gasteiger charge is -2.10. The number of Topliss-reactive ketones (excluding diaryl/α,β-unsaturated/α-hetero) is 1. The van der Waals surface area contributed by atoms with Crippen LogP contribution in [-0.4, -0.2) is 18.1 Å². The molecule has 1 nitrogen and oxygen atoms in total. The minimum atomic E-state index is -5.26. The zero-order valence-electron chi connectivity index (χ0n) is 6.96. The molecule has 0 N–H and O–H groups in total. The summed E-state index contributed by atoms with van der Waals surface area (Å²) in [6, 6.07) is 0. The van der Waals surface area contributed by atoms with Gasteiger partial charge in [-0.15, -0.1) is 0 Å². The lowest BCUT2D eigenvalue weighted by atomic mass is 10.1. The van der Waals surface area contributed by atoms with Crippen molar-refractivity contribution in [1.82, 2.24) is 0 Å². The van der Waals surface area contributed by atoms with Crippen LogP contribution in [0.1, 0.15) is 13.3 Å².